The molecule has 3 rings (SSSR count). The minimum Gasteiger partial charge on any atom is -0.510 e. The zero-order valence-corrected chi connectivity index (χ0v) is 16.5. The molecule has 0 amide bonds. The molecule has 0 saturated heterocycles. The van der Waals surface area contributed by atoms with E-state index in [-0.39, 0.29) is 20.1 Å². The van der Waals surface area contributed by atoms with Crippen molar-refractivity contribution >= 4 is 5.69 Å². The van der Waals surface area contributed by atoms with E-state index in [2.05, 4.69) is 11.1 Å². The van der Waals surface area contributed by atoms with Gasteiger partial charge in [-0.2, -0.15) is 37.0 Å². The Morgan fingerprint density at radius 2 is 1.74 bits per heavy atom. The second-order valence-corrected chi connectivity index (χ2v) is 5.38. The Kier molecular flexibility index (Phi) is 8.88. The minimum atomic E-state index is -3.59. The number of anilines is 1. The molecule has 0 atom stereocenters. The van der Waals surface area contributed by atoms with Gasteiger partial charge < -0.3 is 14.9 Å². The third-order valence-electron chi connectivity index (χ3n) is 3.48. The van der Waals surface area contributed by atoms with Crippen LogP contribution in [0, 0.1) is 12.7 Å². The molecule has 2 heterocycles. The Labute approximate surface area is 168 Å². The Morgan fingerprint density at radius 3 is 2.19 bits per heavy atom. The van der Waals surface area contributed by atoms with Crippen LogP contribution in [0.5, 0.6) is 0 Å². The van der Waals surface area contributed by atoms with Crippen LogP contribution in [0.25, 0.3) is 0 Å². The fourth-order valence-electron chi connectivity index (χ4n) is 2.06. The van der Waals surface area contributed by atoms with Crippen LogP contribution in [0.15, 0.2) is 61.1 Å². The fourth-order valence-corrected chi connectivity index (χ4v) is 2.06. The molecule has 1 radical (unpaired) electrons. The molecule has 1 aliphatic heterocycles. The van der Waals surface area contributed by atoms with Crippen molar-refractivity contribution in [3.8, 4) is 0 Å². The van der Waals surface area contributed by atoms with Gasteiger partial charge in [-0.05, 0) is 31.6 Å². The third-order valence-corrected chi connectivity index (χ3v) is 3.48. The number of pyridine rings is 1. The van der Waals surface area contributed by atoms with E-state index in [1.54, 1.807) is 0 Å². The van der Waals surface area contributed by atoms with Gasteiger partial charge in [0.2, 0.25) is 5.60 Å². The van der Waals surface area contributed by atoms with Gasteiger partial charge in [0.05, 0.1) is 5.69 Å². The molecule has 1 aromatic heterocycles. The number of nitrogens with zero attached hydrogens (tertiary/aromatic N) is 3. The van der Waals surface area contributed by atoms with Gasteiger partial charge in [-0.1, -0.05) is 6.07 Å². The summed E-state index contributed by atoms with van der Waals surface area (Å²) in [5, 5.41) is 9.07. The normalized spacial score (nSPS) is 13.5. The number of rotatable bonds is 4. The van der Waals surface area contributed by atoms with Crippen molar-refractivity contribution in [2.45, 2.75) is 18.5 Å². The molecule has 4 nitrogen and oxygen atoms in total. The van der Waals surface area contributed by atoms with Crippen molar-refractivity contribution < 1.29 is 42.8 Å². The van der Waals surface area contributed by atoms with Crippen LogP contribution in [-0.2, 0) is 25.7 Å². The molecule has 0 spiro atoms. The minimum absolute atomic E-state index is 0. The molecule has 0 bridgehead atoms. The summed E-state index contributed by atoms with van der Waals surface area (Å²) >= 11 is 0. The number of benzene rings is 1. The van der Waals surface area contributed by atoms with Crippen LogP contribution in [0.2, 0.25) is 0 Å². The number of halogens is 4. The van der Waals surface area contributed by atoms with Crippen molar-refractivity contribution in [1.82, 2.24) is 9.88 Å². The van der Waals surface area contributed by atoms with Crippen LogP contribution in [-0.4, -0.2) is 34.9 Å². The first-order valence-corrected chi connectivity index (χ1v) is 7.56. The SMILES string of the molecule is CN1C=CN(c2[c-]cccc2)[CH-]1.OC(c1ccccn1)(C(F)F)C(F)F.[Ir]. The summed E-state index contributed by atoms with van der Waals surface area (Å²) < 4.78 is 49.0. The van der Waals surface area contributed by atoms with Gasteiger partial charge in [-0.3, -0.25) is 4.98 Å². The number of hydrogen-bond acceptors (Lipinski definition) is 4. The van der Waals surface area contributed by atoms with Gasteiger partial charge in [0.15, 0.2) is 0 Å². The van der Waals surface area contributed by atoms with E-state index in [0.29, 0.717) is 0 Å². The quantitative estimate of drug-likeness (QED) is 0.459. The van der Waals surface area contributed by atoms with Crippen LogP contribution >= 0.6 is 0 Å². The summed E-state index contributed by atoms with van der Waals surface area (Å²) in [7, 11) is 2.00. The summed E-state index contributed by atoms with van der Waals surface area (Å²) in [6.45, 7) is 2.01. The average molecular weight is 560 g/mol. The second-order valence-electron chi connectivity index (χ2n) is 5.38. The summed E-state index contributed by atoms with van der Waals surface area (Å²) in [4.78, 5) is 7.31. The molecule has 0 unspecified atom stereocenters. The van der Waals surface area contributed by atoms with E-state index in [1.165, 1.54) is 12.1 Å². The van der Waals surface area contributed by atoms with Crippen molar-refractivity contribution in [1.29, 1.82) is 0 Å². The first-order chi connectivity index (χ1) is 12.4. The van der Waals surface area contributed by atoms with Gasteiger partial charge in [0.25, 0.3) is 12.9 Å². The first-order valence-electron chi connectivity index (χ1n) is 7.56. The summed E-state index contributed by atoms with van der Waals surface area (Å²) in [5.41, 5.74) is -3.15. The third kappa shape index (κ3) is 5.76. The van der Waals surface area contributed by atoms with Crippen molar-refractivity contribution in [3.05, 3.63) is 79.5 Å². The Bertz CT molecular complexity index is 696. The molecular weight excluding hydrogens is 542 g/mol. The first kappa shape index (κ1) is 23.1. The predicted octanol–water partition coefficient (Wildman–Crippen LogP) is 3.63. The van der Waals surface area contributed by atoms with Crippen molar-refractivity contribution in [3.63, 3.8) is 0 Å². The largest absolute Gasteiger partial charge is 0.510 e. The zero-order valence-electron chi connectivity index (χ0n) is 14.1. The summed E-state index contributed by atoms with van der Waals surface area (Å²) in [6, 6.07) is 14.6. The molecule has 0 saturated carbocycles. The van der Waals surface area contributed by atoms with Crippen LogP contribution in [0.1, 0.15) is 5.69 Å². The topological polar surface area (TPSA) is 39.6 Å². The molecule has 0 fully saturated rings. The van der Waals surface area contributed by atoms with E-state index in [4.69, 9.17) is 5.11 Å². The van der Waals surface area contributed by atoms with Gasteiger partial charge >= 0.3 is 0 Å². The van der Waals surface area contributed by atoms with Crippen LogP contribution < -0.4 is 4.90 Å². The standard InChI is InChI=1S/C10H10N2.C8H7F4NO.Ir/c1-11-7-8-12(9-11)10-5-3-2-4-6-10;9-6(10)8(14,7(11)12)5-3-1-2-4-13-5;/h2-5,7-9H,1H3;1-4,6-7,14H;/q-2;;. The van der Waals surface area contributed by atoms with E-state index in [0.717, 1.165) is 18.0 Å². The molecule has 1 aliphatic rings. The molecule has 149 valence electrons. The van der Waals surface area contributed by atoms with E-state index in [9.17, 15) is 17.6 Å². The van der Waals surface area contributed by atoms with E-state index in [1.807, 2.05) is 60.2 Å². The van der Waals surface area contributed by atoms with Gasteiger partial charge in [0, 0.05) is 26.3 Å². The number of hydrogen-bond donors (Lipinski definition) is 1. The van der Waals surface area contributed by atoms with Crippen LogP contribution in [0.3, 0.4) is 0 Å². The second kappa shape index (κ2) is 10.4. The fraction of sp³-hybridized carbons (Fsp3) is 0.222. The number of aliphatic hydroxyl groups is 1. The monoisotopic (exact) mass is 560 g/mol. The number of alkyl halides is 4. The predicted molar refractivity (Wildman–Crippen MR) is 89.1 cm³/mol. The van der Waals surface area contributed by atoms with Crippen molar-refractivity contribution in [2.24, 2.45) is 0 Å². The molecule has 2 aromatic rings. The summed E-state index contributed by atoms with van der Waals surface area (Å²) in [6.07, 6.45) is -2.10. The maximum absolute atomic E-state index is 12.2. The van der Waals surface area contributed by atoms with Gasteiger partial charge in [-0.15, -0.1) is 5.69 Å². The average Bonchev–Trinajstić information content (AvgIpc) is 3.09. The Balaban J connectivity index is 0.000000262. The Morgan fingerprint density at radius 1 is 1.07 bits per heavy atom. The molecule has 0 aliphatic carbocycles. The van der Waals surface area contributed by atoms with Gasteiger partial charge in [0.1, 0.15) is 0 Å². The molecule has 27 heavy (non-hydrogen) atoms. The smallest absolute Gasteiger partial charge is 0.278 e. The van der Waals surface area contributed by atoms with Gasteiger partial charge in [-0.25, -0.2) is 17.6 Å². The molecule has 1 N–H and O–H groups in total. The number of aromatic nitrogens is 1. The molecule has 9 heteroatoms. The van der Waals surface area contributed by atoms with E-state index >= 15 is 0 Å². The Hall–Kier alpha value is -1.96. The van der Waals surface area contributed by atoms with Crippen LogP contribution in [0.4, 0.5) is 23.2 Å². The number of para-hydroxylation sites is 1. The maximum Gasteiger partial charge on any atom is 0.278 e. The molecule has 1 aromatic carbocycles. The summed E-state index contributed by atoms with van der Waals surface area (Å²) in [5.74, 6) is 0. The van der Waals surface area contributed by atoms with E-state index < -0.39 is 24.1 Å². The zero-order chi connectivity index (χ0) is 19.2. The maximum atomic E-state index is 12.2. The molecular formula is C18H17F4IrN3O-2. The van der Waals surface area contributed by atoms with Crippen molar-refractivity contribution in [2.75, 3.05) is 11.9 Å².